The van der Waals surface area contributed by atoms with Gasteiger partial charge in [0.25, 0.3) is 0 Å². The second-order valence-electron chi connectivity index (χ2n) is 2.93. The number of carboxylic acid groups (broad SMARTS) is 1. The number of aromatic hydroxyl groups is 1. The lowest BCUT2D eigenvalue weighted by Crippen LogP contribution is -2.05. The highest BCUT2D eigenvalue weighted by molar-refractivity contribution is 5.88. The number of aromatic nitrogens is 4. The number of aryl methyl sites for hydroxylation is 1. The first kappa shape index (κ1) is 9.25. The molecule has 78 valence electrons. The zero-order chi connectivity index (χ0) is 11.0. The standard InChI is InChI=1S/C8H8N4O3/c1-11-6(2-3-9-11)12-4-5(13)7(10-12)8(14)15/h2-4,13H,1H3,(H,14,15). The molecule has 0 aliphatic rings. The topological polar surface area (TPSA) is 93.2 Å². The molecule has 0 atom stereocenters. The number of hydrogen-bond donors (Lipinski definition) is 2. The normalized spacial score (nSPS) is 10.5. The van der Waals surface area contributed by atoms with Gasteiger partial charge in [-0.05, 0) is 0 Å². The third kappa shape index (κ3) is 1.43. The molecule has 2 rings (SSSR count). The first-order valence-electron chi connectivity index (χ1n) is 4.10. The summed E-state index contributed by atoms with van der Waals surface area (Å²) in [6.07, 6.45) is 2.77. The number of aromatic carboxylic acids is 1. The fraction of sp³-hybridized carbons (Fsp3) is 0.125. The van der Waals surface area contributed by atoms with E-state index in [4.69, 9.17) is 5.11 Å². The molecule has 2 N–H and O–H groups in total. The highest BCUT2D eigenvalue weighted by Gasteiger charge is 2.16. The maximum atomic E-state index is 10.6. The summed E-state index contributed by atoms with van der Waals surface area (Å²) in [6, 6.07) is 1.65. The molecule has 2 aromatic rings. The Balaban J connectivity index is 2.52. The molecular weight excluding hydrogens is 200 g/mol. The lowest BCUT2D eigenvalue weighted by Gasteiger charge is -1.99. The van der Waals surface area contributed by atoms with Crippen molar-refractivity contribution in [2.24, 2.45) is 7.05 Å². The van der Waals surface area contributed by atoms with Crippen LogP contribution in [0.25, 0.3) is 5.82 Å². The van der Waals surface area contributed by atoms with Crippen LogP contribution in [0.3, 0.4) is 0 Å². The second kappa shape index (κ2) is 3.12. The first-order chi connectivity index (χ1) is 7.09. The van der Waals surface area contributed by atoms with Crippen molar-refractivity contribution in [3.05, 3.63) is 24.2 Å². The Morgan fingerprint density at radius 1 is 1.53 bits per heavy atom. The van der Waals surface area contributed by atoms with E-state index in [1.807, 2.05) is 0 Å². The van der Waals surface area contributed by atoms with E-state index in [9.17, 15) is 9.90 Å². The van der Waals surface area contributed by atoms with E-state index in [0.29, 0.717) is 5.82 Å². The maximum Gasteiger partial charge on any atom is 0.360 e. The van der Waals surface area contributed by atoms with Gasteiger partial charge in [0.15, 0.2) is 11.6 Å². The van der Waals surface area contributed by atoms with Gasteiger partial charge in [0.2, 0.25) is 5.69 Å². The zero-order valence-corrected chi connectivity index (χ0v) is 7.82. The highest BCUT2D eigenvalue weighted by Crippen LogP contribution is 2.17. The van der Waals surface area contributed by atoms with Crippen LogP contribution < -0.4 is 0 Å². The van der Waals surface area contributed by atoms with Gasteiger partial charge in [-0.15, -0.1) is 0 Å². The minimum atomic E-state index is -1.27. The number of carboxylic acids is 1. The Bertz CT molecular complexity index is 514. The molecule has 7 heteroatoms. The van der Waals surface area contributed by atoms with E-state index in [1.165, 1.54) is 15.6 Å². The van der Waals surface area contributed by atoms with Crippen LogP contribution in [-0.4, -0.2) is 35.7 Å². The molecule has 0 bridgehead atoms. The van der Waals surface area contributed by atoms with Gasteiger partial charge in [0.1, 0.15) is 0 Å². The fourth-order valence-corrected chi connectivity index (χ4v) is 1.23. The lowest BCUT2D eigenvalue weighted by atomic mass is 10.4. The average molecular weight is 208 g/mol. The van der Waals surface area contributed by atoms with Gasteiger partial charge < -0.3 is 10.2 Å². The number of carbonyl (C=O) groups is 1. The van der Waals surface area contributed by atoms with E-state index in [1.54, 1.807) is 19.3 Å². The van der Waals surface area contributed by atoms with Crippen LogP contribution in [0, 0.1) is 0 Å². The van der Waals surface area contributed by atoms with Crippen LogP contribution in [0.2, 0.25) is 0 Å². The molecule has 0 saturated carbocycles. The monoisotopic (exact) mass is 208 g/mol. The van der Waals surface area contributed by atoms with Crippen LogP contribution in [0.4, 0.5) is 0 Å². The Kier molecular flexibility index (Phi) is 1.93. The van der Waals surface area contributed by atoms with Gasteiger partial charge in [-0.3, -0.25) is 4.68 Å². The van der Waals surface area contributed by atoms with E-state index in [2.05, 4.69) is 10.2 Å². The fourth-order valence-electron chi connectivity index (χ4n) is 1.23. The van der Waals surface area contributed by atoms with Gasteiger partial charge in [-0.25, -0.2) is 9.48 Å². The highest BCUT2D eigenvalue weighted by atomic mass is 16.4. The van der Waals surface area contributed by atoms with Crippen LogP contribution >= 0.6 is 0 Å². The predicted octanol–water partition coefficient (Wildman–Crippen LogP) is 0.00960. The number of hydrogen-bond acceptors (Lipinski definition) is 4. The Hall–Kier alpha value is -2.31. The molecule has 0 amide bonds. The summed E-state index contributed by atoms with van der Waals surface area (Å²) in [4.78, 5) is 10.6. The van der Waals surface area contributed by atoms with Crippen molar-refractivity contribution in [3.8, 4) is 11.6 Å². The molecule has 0 fully saturated rings. The van der Waals surface area contributed by atoms with E-state index >= 15 is 0 Å². The molecule has 0 unspecified atom stereocenters. The molecule has 15 heavy (non-hydrogen) atoms. The zero-order valence-electron chi connectivity index (χ0n) is 7.82. The molecule has 0 aromatic carbocycles. The Morgan fingerprint density at radius 3 is 2.73 bits per heavy atom. The third-order valence-corrected chi connectivity index (χ3v) is 1.93. The van der Waals surface area contributed by atoms with Gasteiger partial charge in [-0.1, -0.05) is 0 Å². The molecule has 0 spiro atoms. The van der Waals surface area contributed by atoms with E-state index in [-0.39, 0.29) is 11.4 Å². The molecular formula is C8H8N4O3. The Labute approximate surface area is 84.2 Å². The summed E-state index contributed by atoms with van der Waals surface area (Å²) in [5.41, 5.74) is -0.379. The van der Waals surface area contributed by atoms with Crippen molar-refractivity contribution < 1.29 is 15.0 Å². The average Bonchev–Trinajstić information content (AvgIpc) is 2.71. The largest absolute Gasteiger partial charge is 0.504 e. The molecule has 2 aromatic heterocycles. The van der Waals surface area contributed by atoms with Crippen molar-refractivity contribution >= 4 is 5.97 Å². The van der Waals surface area contributed by atoms with Crippen molar-refractivity contribution in [2.45, 2.75) is 0 Å². The smallest absolute Gasteiger partial charge is 0.360 e. The van der Waals surface area contributed by atoms with Gasteiger partial charge in [0, 0.05) is 13.1 Å². The Morgan fingerprint density at radius 2 is 2.27 bits per heavy atom. The molecule has 0 saturated heterocycles. The van der Waals surface area contributed by atoms with Crippen LogP contribution in [-0.2, 0) is 7.05 Å². The third-order valence-electron chi connectivity index (χ3n) is 1.93. The molecule has 0 aliphatic heterocycles. The van der Waals surface area contributed by atoms with E-state index in [0.717, 1.165) is 0 Å². The molecule has 7 nitrogen and oxygen atoms in total. The summed E-state index contributed by atoms with van der Waals surface area (Å²) < 4.78 is 2.77. The summed E-state index contributed by atoms with van der Waals surface area (Å²) in [7, 11) is 1.69. The van der Waals surface area contributed by atoms with E-state index < -0.39 is 5.97 Å². The van der Waals surface area contributed by atoms with Gasteiger partial charge >= 0.3 is 5.97 Å². The first-order valence-corrected chi connectivity index (χ1v) is 4.10. The molecule has 2 heterocycles. The van der Waals surface area contributed by atoms with Crippen LogP contribution in [0.15, 0.2) is 18.5 Å². The van der Waals surface area contributed by atoms with Crippen molar-refractivity contribution in [1.82, 2.24) is 19.6 Å². The molecule has 0 aliphatic carbocycles. The summed E-state index contributed by atoms with van der Waals surface area (Å²) in [6.45, 7) is 0. The van der Waals surface area contributed by atoms with Crippen molar-refractivity contribution in [3.63, 3.8) is 0 Å². The minimum Gasteiger partial charge on any atom is -0.504 e. The predicted molar refractivity (Wildman–Crippen MR) is 49.0 cm³/mol. The summed E-state index contributed by atoms with van der Waals surface area (Å²) >= 11 is 0. The second-order valence-corrected chi connectivity index (χ2v) is 2.93. The number of rotatable bonds is 2. The summed E-state index contributed by atoms with van der Waals surface area (Å²) in [5, 5.41) is 25.6. The SMILES string of the molecule is Cn1nccc1-n1cc(O)c(C(=O)O)n1. The van der Waals surface area contributed by atoms with Crippen molar-refractivity contribution in [1.29, 1.82) is 0 Å². The maximum absolute atomic E-state index is 10.6. The summed E-state index contributed by atoms with van der Waals surface area (Å²) in [5.74, 6) is -1.07. The number of nitrogens with zero attached hydrogens (tertiary/aromatic N) is 4. The van der Waals surface area contributed by atoms with Crippen LogP contribution in [0.1, 0.15) is 10.5 Å². The molecule has 0 radical (unpaired) electrons. The van der Waals surface area contributed by atoms with Gasteiger partial charge in [0.05, 0.1) is 12.4 Å². The minimum absolute atomic E-state index is 0.372. The van der Waals surface area contributed by atoms with Crippen molar-refractivity contribution in [2.75, 3.05) is 0 Å². The van der Waals surface area contributed by atoms with Crippen LogP contribution in [0.5, 0.6) is 5.75 Å². The lowest BCUT2D eigenvalue weighted by molar-refractivity contribution is 0.0687. The van der Waals surface area contributed by atoms with Gasteiger partial charge in [-0.2, -0.15) is 10.2 Å². The quantitative estimate of drug-likeness (QED) is 0.725.